The summed E-state index contributed by atoms with van der Waals surface area (Å²) in [6, 6.07) is 8.56. The summed E-state index contributed by atoms with van der Waals surface area (Å²) in [6.45, 7) is 1.99. The van der Waals surface area contributed by atoms with Crippen molar-refractivity contribution in [1.29, 1.82) is 5.26 Å². The number of carbonyl (C=O) groups excluding carboxylic acids is 1. The van der Waals surface area contributed by atoms with Crippen LogP contribution in [0.25, 0.3) is 0 Å². The van der Waals surface area contributed by atoms with Gasteiger partial charge in [-0.15, -0.1) is 0 Å². The van der Waals surface area contributed by atoms with Gasteiger partial charge in [0.05, 0.1) is 12.1 Å². The van der Waals surface area contributed by atoms with Crippen molar-refractivity contribution in [2.24, 2.45) is 5.92 Å². The van der Waals surface area contributed by atoms with E-state index in [0.717, 1.165) is 44.3 Å². The Bertz CT molecular complexity index is 571. The summed E-state index contributed by atoms with van der Waals surface area (Å²) in [5.41, 5.74) is 0.774. The molecule has 1 amide bonds. The van der Waals surface area contributed by atoms with E-state index < -0.39 is 6.04 Å². The number of nitrogens with one attached hydrogen (secondary N) is 1. The van der Waals surface area contributed by atoms with Gasteiger partial charge in [-0.3, -0.25) is 9.69 Å². The minimum atomic E-state index is -0.617. The fourth-order valence-corrected chi connectivity index (χ4v) is 3.31. The first-order valence-electron chi connectivity index (χ1n) is 7.88. The molecule has 2 atom stereocenters. The number of nitrogens with zero attached hydrogens (tertiary/aromatic N) is 2. The van der Waals surface area contributed by atoms with Crippen molar-refractivity contribution in [2.45, 2.75) is 37.8 Å². The van der Waals surface area contributed by atoms with Crippen molar-refractivity contribution in [1.82, 2.24) is 10.2 Å². The molecule has 4 nitrogen and oxygen atoms in total. The van der Waals surface area contributed by atoms with Crippen LogP contribution in [0, 0.1) is 17.2 Å². The van der Waals surface area contributed by atoms with Crippen LogP contribution in [0.3, 0.4) is 0 Å². The summed E-state index contributed by atoms with van der Waals surface area (Å²) < 4.78 is 0. The molecule has 2 aliphatic rings. The van der Waals surface area contributed by atoms with E-state index in [9.17, 15) is 10.1 Å². The highest BCUT2D eigenvalue weighted by molar-refractivity contribution is 6.30. The molecule has 1 aromatic rings. The molecule has 3 rings (SSSR count). The Hall–Kier alpha value is -1.57. The molecule has 116 valence electrons. The Labute approximate surface area is 136 Å². The number of hydrogen-bond donors (Lipinski definition) is 1. The summed E-state index contributed by atoms with van der Waals surface area (Å²) >= 11 is 5.87. The van der Waals surface area contributed by atoms with Gasteiger partial charge in [0.2, 0.25) is 5.91 Å². The summed E-state index contributed by atoms with van der Waals surface area (Å²) in [4.78, 5) is 15.0. The first kappa shape index (κ1) is 15.3. The van der Waals surface area contributed by atoms with Crippen LogP contribution < -0.4 is 5.32 Å². The predicted molar refractivity (Wildman–Crippen MR) is 85.3 cm³/mol. The van der Waals surface area contributed by atoms with E-state index in [1.807, 2.05) is 0 Å². The molecule has 5 heteroatoms. The molecule has 1 aromatic carbocycles. The summed E-state index contributed by atoms with van der Waals surface area (Å²) in [6.07, 6.45) is 4.56. The van der Waals surface area contributed by atoms with Gasteiger partial charge in [0.1, 0.15) is 6.04 Å². The van der Waals surface area contributed by atoms with Crippen LogP contribution in [0.4, 0.5) is 0 Å². The molecule has 1 heterocycles. The fraction of sp³-hybridized carbons (Fsp3) is 0.529. The van der Waals surface area contributed by atoms with Crippen molar-refractivity contribution < 1.29 is 4.79 Å². The van der Waals surface area contributed by atoms with Crippen LogP contribution in [-0.2, 0) is 4.79 Å². The van der Waals surface area contributed by atoms with E-state index in [0.29, 0.717) is 10.9 Å². The first-order chi connectivity index (χ1) is 10.7. The molecule has 1 N–H and O–H groups in total. The third-order valence-electron chi connectivity index (χ3n) is 4.49. The molecule has 1 aliphatic heterocycles. The van der Waals surface area contributed by atoms with E-state index in [1.165, 1.54) is 0 Å². The van der Waals surface area contributed by atoms with Crippen LogP contribution in [0.2, 0.25) is 5.02 Å². The van der Waals surface area contributed by atoms with Gasteiger partial charge in [-0.1, -0.05) is 23.7 Å². The fourth-order valence-electron chi connectivity index (χ4n) is 3.18. The highest BCUT2D eigenvalue weighted by atomic mass is 35.5. The third-order valence-corrected chi connectivity index (χ3v) is 4.74. The van der Waals surface area contributed by atoms with Gasteiger partial charge < -0.3 is 5.32 Å². The molecule has 1 saturated carbocycles. The van der Waals surface area contributed by atoms with E-state index in [-0.39, 0.29) is 11.9 Å². The third kappa shape index (κ3) is 3.43. The lowest BCUT2D eigenvalue weighted by Crippen LogP contribution is -2.47. The first-order valence-corrected chi connectivity index (χ1v) is 8.26. The van der Waals surface area contributed by atoms with Gasteiger partial charge >= 0.3 is 0 Å². The second-order valence-corrected chi connectivity index (χ2v) is 6.58. The van der Waals surface area contributed by atoms with Crippen molar-refractivity contribution in [2.75, 3.05) is 13.1 Å². The smallest absolute Gasteiger partial charge is 0.238 e. The SMILES string of the molecule is N#C[C@@H](NC(=O)[C@@H](C1CC1)N1CCCC1)c1ccc(Cl)cc1. The maximum Gasteiger partial charge on any atom is 0.238 e. The summed E-state index contributed by atoms with van der Waals surface area (Å²) in [5, 5.41) is 12.9. The van der Waals surface area contributed by atoms with Gasteiger partial charge in [-0.25, -0.2) is 0 Å². The zero-order valence-corrected chi connectivity index (χ0v) is 13.2. The Morgan fingerprint density at radius 1 is 1.27 bits per heavy atom. The van der Waals surface area contributed by atoms with E-state index in [4.69, 9.17) is 11.6 Å². The molecular weight excluding hydrogens is 298 g/mol. The lowest BCUT2D eigenvalue weighted by atomic mass is 10.1. The molecule has 0 bridgehead atoms. The van der Waals surface area contributed by atoms with E-state index in [1.54, 1.807) is 24.3 Å². The number of amides is 1. The number of likely N-dealkylation sites (tertiary alicyclic amines) is 1. The Balaban J connectivity index is 1.70. The number of nitriles is 1. The predicted octanol–water partition coefficient (Wildman–Crippen LogP) is 2.90. The Morgan fingerprint density at radius 2 is 1.91 bits per heavy atom. The van der Waals surface area contributed by atoms with Crippen molar-refractivity contribution in [3.63, 3.8) is 0 Å². The monoisotopic (exact) mass is 317 g/mol. The minimum absolute atomic E-state index is 0.00843. The molecule has 1 aliphatic carbocycles. The van der Waals surface area contributed by atoms with Crippen LogP contribution in [0.5, 0.6) is 0 Å². The van der Waals surface area contributed by atoms with Crippen LogP contribution in [0.15, 0.2) is 24.3 Å². The van der Waals surface area contributed by atoms with E-state index >= 15 is 0 Å². The number of hydrogen-bond acceptors (Lipinski definition) is 3. The van der Waals surface area contributed by atoms with E-state index in [2.05, 4.69) is 16.3 Å². The van der Waals surface area contributed by atoms with Crippen molar-refractivity contribution in [3.05, 3.63) is 34.9 Å². The molecule has 0 radical (unpaired) electrons. The number of halogens is 1. The van der Waals surface area contributed by atoms with Crippen LogP contribution in [-0.4, -0.2) is 29.9 Å². The molecule has 0 aromatic heterocycles. The lowest BCUT2D eigenvalue weighted by Gasteiger charge is -2.27. The molecule has 0 spiro atoms. The van der Waals surface area contributed by atoms with Crippen LogP contribution >= 0.6 is 11.6 Å². The lowest BCUT2D eigenvalue weighted by molar-refractivity contribution is -0.127. The van der Waals surface area contributed by atoms with Gasteiger partial charge in [-0.2, -0.15) is 5.26 Å². The topological polar surface area (TPSA) is 56.1 Å². The molecule has 2 fully saturated rings. The maximum absolute atomic E-state index is 12.7. The van der Waals surface area contributed by atoms with Gasteiger partial charge in [0.25, 0.3) is 0 Å². The van der Waals surface area contributed by atoms with Crippen molar-refractivity contribution >= 4 is 17.5 Å². The van der Waals surface area contributed by atoms with Gasteiger partial charge in [0, 0.05) is 5.02 Å². The zero-order valence-electron chi connectivity index (χ0n) is 12.5. The minimum Gasteiger partial charge on any atom is -0.335 e. The second-order valence-electron chi connectivity index (χ2n) is 6.15. The molecule has 22 heavy (non-hydrogen) atoms. The largest absolute Gasteiger partial charge is 0.335 e. The number of rotatable bonds is 5. The Morgan fingerprint density at radius 3 is 2.45 bits per heavy atom. The van der Waals surface area contributed by atoms with Gasteiger partial charge in [-0.05, 0) is 62.4 Å². The zero-order chi connectivity index (χ0) is 15.5. The van der Waals surface area contributed by atoms with Gasteiger partial charge in [0.15, 0.2) is 0 Å². The summed E-state index contributed by atoms with van der Waals surface area (Å²) in [7, 11) is 0. The highest BCUT2D eigenvalue weighted by Crippen LogP contribution is 2.37. The highest BCUT2D eigenvalue weighted by Gasteiger charge is 2.41. The van der Waals surface area contributed by atoms with Crippen LogP contribution in [0.1, 0.15) is 37.3 Å². The Kier molecular flexibility index (Phi) is 4.66. The maximum atomic E-state index is 12.7. The second kappa shape index (κ2) is 6.68. The number of carbonyl (C=O) groups is 1. The summed E-state index contributed by atoms with van der Waals surface area (Å²) in [5.74, 6) is 0.452. The van der Waals surface area contributed by atoms with Crippen molar-refractivity contribution in [3.8, 4) is 6.07 Å². The standard InChI is InChI=1S/C17H20ClN3O/c18-14-7-5-12(6-8-14)15(11-19)20-17(22)16(13-3-4-13)21-9-1-2-10-21/h5-8,13,15-16H,1-4,9-10H2,(H,20,22)/t15-,16-/m1/s1. The molecular formula is C17H20ClN3O. The quantitative estimate of drug-likeness (QED) is 0.908. The normalized spacial score (nSPS) is 21.1. The average molecular weight is 318 g/mol. The molecule has 0 unspecified atom stereocenters. The molecule has 1 saturated heterocycles. The average Bonchev–Trinajstić information content (AvgIpc) is 3.20. The number of benzene rings is 1.